The predicted octanol–water partition coefficient (Wildman–Crippen LogP) is 6.41. The Bertz CT molecular complexity index is 978. The molecule has 2 aromatic carbocycles. The Kier molecular flexibility index (Phi) is 8.16. The molecule has 0 unspecified atom stereocenters. The molecule has 0 atom stereocenters. The molecule has 6 heteroatoms. The van der Waals surface area contributed by atoms with Gasteiger partial charge in [-0.15, -0.1) is 0 Å². The summed E-state index contributed by atoms with van der Waals surface area (Å²) in [7, 11) is 1.94. The molecule has 0 saturated carbocycles. The van der Waals surface area contributed by atoms with Gasteiger partial charge in [0.2, 0.25) is 0 Å². The lowest BCUT2D eigenvalue weighted by Crippen LogP contribution is -2.34. The first-order valence-corrected chi connectivity index (χ1v) is 11.3. The van der Waals surface area contributed by atoms with Gasteiger partial charge in [0.15, 0.2) is 0 Å². The van der Waals surface area contributed by atoms with Crippen LogP contribution in [0.15, 0.2) is 59.2 Å². The molecular weight excluding hydrogens is 429 g/mol. The zero-order chi connectivity index (χ0) is 22.4. The van der Waals surface area contributed by atoms with E-state index >= 15 is 0 Å². The second-order valence-electron chi connectivity index (χ2n) is 8.06. The molecule has 0 spiro atoms. The Morgan fingerprint density at radius 1 is 1.16 bits per heavy atom. The van der Waals surface area contributed by atoms with Crippen molar-refractivity contribution in [2.75, 3.05) is 29.9 Å². The van der Waals surface area contributed by atoms with Gasteiger partial charge in [-0.05, 0) is 81.0 Å². The molecule has 0 N–H and O–H groups in total. The Morgan fingerprint density at radius 2 is 1.90 bits per heavy atom. The average molecular weight is 458 g/mol. The molecule has 4 nitrogen and oxygen atoms in total. The number of halogens is 2. The number of carbonyl (C=O) groups is 1. The zero-order valence-electron chi connectivity index (χ0n) is 18.3. The van der Waals surface area contributed by atoms with Gasteiger partial charge in [0.25, 0.3) is 0 Å². The maximum absolute atomic E-state index is 10.6. The summed E-state index contributed by atoms with van der Waals surface area (Å²) in [6.07, 6.45) is 5.54. The summed E-state index contributed by atoms with van der Waals surface area (Å²) < 4.78 is 0. The van der Waals surface area contributed by atoms with Gasteiger partial charge in [-0.25, -0.2) is 4.99 Å². The maximum atomic E-state index is 10.6. The molecule has 2 aromatic rings. The van der Waals surface area contributed by atoms with Gasteiger partial charge < -0.3 is 9.80 Å². The highest BCUT2D eigenvalue weighted by Gasteiger charge is 2.21. The fourth-order valence-corrected chi connectivity index (χ4v) is 4.50. The van der Waals surface area contributed by atoms with Crippen molar-refractivity contribution in [1.82, 2.24) is 0 Å². The van der Waals surface area contributed by atoms with Crippen molar-refractivity contribution in [2.24, 2.45) is 10.9 Å². The normalized spacial score (nSPS) is 15.8. The van der Waals surface area contributed by atoms with Gasteiger partial charge in [-0.1, -0.05) is 35.3 Å². The van der Waals surface area contributed by atoms with E-state index in [2.05, 4.69) is 34.2 Å². The number of aldehydes is 1. The third kappa shape index (κ3) is 6.34. The van der Waals surface area contributed by atoms with Gasteiger partial charge in [0.1, 0.15) is 12.1 Å². The number of benzene rings is 2. The number of piperidine rings is 1. The van der Waals surface area contributed by atoms with E-state index in [1.807, 2.05) is 37.1 Å². The molecule has 0 bridgehead atoms. The van der Waals surface area contributed by atoms with Crippen LogP contribution >= 0.6 is 23.2 Å². The molecular formula is C25H29Cl2N3O. The van der Waals surface area contributed by atoms with Crippen molar-refractivity contribution in [1.29, 1.82) is 0 Å². The van der Waals surface area contributed by atoms with Gasteiger partial charge in [-0.3, -0.25) is 4.79 Å². The second-order valence-corrected chi connectivity index (χ2v) is 8.91. The summed E-state index contributed by atoms with van der Waals surface area (Å²) in [5.74, 6) is 1.46. The van der Waals surface area contributed by atoms with Crippen molar-refractivity contribution >= 4 is 46.7 Å². The third-order valence-electron chi connectivity index (χ3n) is 5.82. The van der Waals surface area contributed by atoms with Crippen molar-refractivity contribution in [3.8, 4) is 0 Å². The second kappa shape index (κ2) is 10.8. The number of allylic oxidation sites excluding steroid dienone is 2. The van der Waals surface area contributed by atoms with E-state index in [4.69, 9.17) is 23.2 Å². The van der Waals surface area contributed by atoms with Crippen molar-refractivity contribution in [3.63, 3.8) is 0 Å². The van der Waals surface area contributed by atoms with E-state index in [0.717, 1.165) is 65.9 Å². The first kappa shape index (κ1) is 23.4. The summed E-state index contributed by atoms with van der Waals surface area (Å²) in [5, 5.41) is 1.55. The molecule has 1 heterocycles. The molecule has 1 fully saturated rings. The van der Waals surface area contributed by atoms with Crippen molar-refractivity contribution < 1.29 is 4.79 Å². The number of anilines is 2. The molecule has 31 heavy (non-hydrogen) atoms. The van der Waals surface area contributed by atoms with E-state index in [0.29, 0.717) is 11.6 Å². The summed E-state index contributed by atoms with van der Waals surface area (Å²) >= 11 is 12.8. The highest BCUT2D eigenvalue weighted by Crippen LogP contribution is 2.33. The summed E-state index contributed by atoms with van der Waals surface area (Å²) in [4.78, 5) is 19.4. The fourth-order valence-electron chi connectivity index (χ4n) is 3.99. The maximum Gasteiger partial charge on any atom is 0.144 e. The van der Waals surface area contributed by atoms with Crippen LogP contribution in [0.1, 0.15) is 32.3 Å². The summed E-state index contributed by atoms with van der Waals surface area (Å²) in [6, 6.07) is 14.3. The van der Waals surface area contributed by atoms with Crippen LogP contribution in [0.4, 0.5) is 11.4 Å². The minimum atomic E-state index is 0.667. The lowest BCUT2D eigenvalue weighted by Gasteiger charge is -2.34. The molecule has 0 aromatic heterocycles. The van der Waals surface area contributed by atoms with E-state index in [1.54, 1.807) is 6.92 Å². The highest BCUT2D eigenvalue weighted by atomic mass is 35.5. The number of hydrogen-bond acceptors (Lipinski definition) is 3. The van der Waals surface area contributed by atoms with Gasteiger partial charge in [0.05, 0.1) is 10.7 Å². The molecule has 0 amide bonds. The SMILES string of the molecule is CC(=N/C(C)=C\C=O)N(C)c1ccc(N2CCC(Cc3cccc(Cl)c3)CC2)c(Cl)c1. The van der Waals surface area contributed by atoms with Crippen LogP contribution in [-0.2, 0) is 11.2 Å². The Morgan fingerprint density at radius 3 is 2.55 bits per heavy atom. The fraction of sp³-hybridized carbons (Fsp3) is 0.360. The Balaban J connectivity index is 1.63. The number of amidine groups is 1. The first-order chi connectivity index (χ1) is 14.9. The number of aliphatic imine (C=N–C) groups is 1. The number of carbonyl (C=O) groups excluding carboxylic acids is 1. The summed E-state index contributed by atoms with van der Waals surface area (Å²) in [6.45, 7) is 5.71. The molecule has 3 rings (SSSR count). The van der Waals surface area contributed by atoms with E-state index < -0.39 is 0 Å². The van der Waals surface area contributed by atoms with E-state index in [-0.39, 0.29) is 0 Å². The molecule has 1 saturated heterocycles. The van der Waals surface area contributed by atoms with Gasteiger partial charge in [-0.2, -0.15) is 0 Å². The molecule has 0 aliphatic carbocycles. The minimum Gasteiger partial charge on any atom is -0.370 e. The number of hydrogen-bond donors (Lipinski definition) is 0. The Hall–Kier alpha value is -2.30. The zero-order valence-corrected chi connectivity index (χ0v) is 19.8. The monoisotopic (exact) mass is 457 g/mol. The third-order valence-corrected chi connectivity index (χ3v) is 6.36. The molecule has 1 aliphatic heterocycles. The topological polar surface area (TPSA) is 35.9 Å². The minimum absolute atomic E-state index is 0.667. The number of rotatable bonds is 6. The van der Waals surface area contributed by atoms with Crippen LogP contribution < -0.4 is 9.80 Å². The molecule has 164 valence electrons. The van der Waals surface area contributed by atoms with Crippen LogP contribution in [0.2, 0.25) is 10.0 Å². The first-order valence-electron chi connectivity index (χ1n) is 10.6. The van der Waals surface area contributed by atoms with Gasteiger partial charge >= 0.3 is 0 Å². The summed E-state index contributed by atoms with van der Waals surface area (Å²) in [5.41, 5.74) is 4.02. The number of nitrogens with zero attached hydrogens (tertiary/aromatic N) is 3. The van der Waals surface area contributed by atoms with Gasteiger partial charge in [0, 0.05) is 36.5 Å². The lowest BCUT2D eigenvalue weighted by molar-refractivity contribution is -0.104. The van der Waals surface area contributed by atoms with Crippen LogP contribution in [0.25, 0.3) is 0 Å². The molecule has 0 radical (unpaired) electrons. The Labute approximate surface area is 195 Å². The average Bonchev–Trinajstić information content (AvgIpc) is 2.74. The van der Waals surface area contributed by atoms with E-state index in [9.17, 15) is 4.79 Å². The highest BCUT2D eigenvalue weighted by molar-refractivity contribution is 6.33. The van der Waals surface area contributed by atoms with Crippen LogP contribution in [-0.4, -0.2) is 32.3 Å². The predicted molar refractivity (Wildman–Crippen MR) is 133 cm³/mol. The quantitative estimate of drug-likeness (QED) is 0.217. The van der Waals surface area contributed by atoms with Crippen LogP contribution in [0.5, 0.6) is 0 Å². The largest absolute Gasteiger partial charge is 0.370 e. The standard InChI is InChI=1S/C25H29Cl2N3O/c1-18(11-14-31)28-19(2)29(3)23-7-8-25(24(27)17-23)30-12-9-20(10-13-30)15-21-5-4-6-22(26)16-21/h4-8,11,14,16-17,20H,9-10,12-13,15H2,1-3H3/b18-11-,28-19?. The van der Waals surface area contributed by atoms with Crippen molar-refractivity contribution in [2.45, 2.75) is 33.1 Å². The smallest absolute Gasteiger partial charge is 0.144 e. The van der Waals surface area contributed by atoms with E-state index in [1.165, 1.54) is 11.6 Å². The molecule has 1 aliphatic rings. The van der Waals surface area contributed by atoms with Crippen molar-refractivity contribution in [3.05, 3.63) is 69.8 Å². The lowest BCUT2D eigenvalue weighted by atomic mass is 9.90. The van der Waals surface area contributed by atoms with Crippen LogP contribution in [0, 0.1) is 5.92 Å². The van der Waals surface area contributed by atoms with Crippen LogP contribution in [0.3, 0.4) is 0 Å².